The van der Waals surface area contributed by atoms with Crippen molar-refractivity contribution in [3.05, 3.63) is 55.1 Å². The summed E-state index contributed by atoms with van der Waals surface area (Å²) >= 11 is 0. The molecule has 1 aromatic carbocycles. The zero-order chi connectivity index (χ0) is 15.7. The van der Waals surface area contributed by atoms with Gasteiger partial charge in [-0.2, -0.15) is 0 Å². The molecule has 0 aliphatic heterocycles. The fraction of sp³-hybridized carbons (Fsp3) is 0.353. The van der Waals surface area contributed by atoms with Crippen molar-refractivity contribution in [2.75, 3.05) is 26.2 Å². The van der Waals surface area contributed by atoms with Gasteiger partial charge in [-0.25, -0.2) is 0 Å². The number of hydrogen-bond acceptors (Lipinski definition) is 4. The number of Topliss-reactive ketones (excluding diaryl/α,β-unsaturated/α-hetero) is 1. The van der Waals surface area contributed by atoms with Crippen LogP contribution in [0.1, 0.15) is 17.3 Å². The highest BCUT2D eigenvalue weighted by atomic mass is 16.5. The molecule has 0 radical (unpaired) electrons. The number of aliphatic hydroxyl groups is 1. The van der Waals surface area contributed by atoms with Gasteiger partial charge in [0, 0.05) is 25.2 Å². The smallest absolute Gasteiger partial charge is 0.159 e. The summed E-state index contributed by atoms with van der Waals surface area (Å²) in [5.41, 5.74) is 0.644. The van der Waals surface area contributed by atoms with E-state index in [1.807, 2.05) is 4.90 Å². The fourth-order valence-electron chi connectivity index (χ4n) is 1.92. The summed E-state index contributed by atoms with van der Waals surface area (Å²) in [6.45, 7) is 11.0. The molecule has 4 nitrogen and oxygen atoms in total. The van der Waals surface area contributed by atoms with Crippen LogP contribution in [0.2, 0.25) is 0 Å². The van der Waals surface area contributed by atoms with E-state index in [1.54, 1.807) is 36.4 Å². The van der Waals surface area contributed by atoms with Crippen molar-refractivity contribution in [1.82, 2.24) is 4.90 Å². The normalized spacial score (nSPS) is 12.0. The minimum atomic E-state index is -0.600. The average Bonchev–Trinajstić information content (AvgIpc) is 2.46. The first kappa shape index (κ1) is 17.1. The van der Waals surface area contributed by atoms with Gasteiger partial charge in [0.2, 0.25) is 0 Å². The first-order valence-corrected chi connectivity index (χ1v) is 6.92. The van der Waals surface area contributed by atoms with Crippen LogP contribution >= 0.6 is 0 Å². The quantitative estimate of drug-likeness (QED) is 0.530. The van der Waals surface area contributed by atoms with E-state index in [1.165, 1.54) is 6.92 Å². The van der Waals surface area contributed by atoms with Crippen molar-refractivity contribution >= 4 is 5.78 Å². The van der Waals surface area contributed by atoms with Crippen LogP contribution in [-0.4, -0.2) is 48.1 Å². The minimum absolute atomic E-state index is 0.0195. The number of hydrogen-bond donors (Lipinski definition) is 1. The summed E-state index contributed by atoms with van der Waals surface area (Å²) in [6.07, 6.45) is 2.98. The molecule has 0 aromatic heterocycles. The number of ketones is 1. The molecule has 0 aliphatic rings. The lowest BCUT2D eigenvalue weighted by Gasteiger charge is -2.22. The van der Waals surface area contributed by atoms with Crippen molar-refractivity contribution in [1.29, 1.82) is 0 Å². The Labute approximate surface area is 126 Å². The molecular weight excluding hydrogens is 266 g/mol. The Balaban J connectivity index is 2.44. The maximum absolute atomic E-state index is 11.2. The third-order valence-electron chi connectivity index (χ3n) is 2.95. The SMILES string of the molecule is C=CCN(CC=C)CC(O)COc1ccc(C(C)=O)cc1. The second-order valence-electron chi connectivity index (χ2n) is 4.84. The van der Waals surface area contributed by atoms with Crippen LogP contribution in [0, 0.1) is 0 Å². The van der Waals surface area contributed by atoms with E-state index >= 15 is 0 Å². The molecule has 0 heterocycles. The van der Waals surface area contributed by atoms with Gasteiger partial charge in [0.25, 0.3) is 0 Å². The molecular formula is C17H23NO3. The van der Waals surface area contributed by atoms with Gasteiger partial charge in [-0.15, -0.1) is 13.2 Å². The van der Waals surface area contributed by atoms with Crippen molar-refractivity contribution in [2.24, 2.45) is 0 Å². The summed E-state index contributed by atoms with van der Waals surface area (Å²) in [7, 11) is 0. The average molecular weight is 289 g/mol. The molecule has 4 heteroatoms. The Kier molecular flexibility index (Phi) is 7.43. The number of ether oxygens (including phenoxy) is 1. The lowest BCUT2D eigenvalue weighted by atomic mass is 10.1. The first-order valence-electron chi connectivity index (χ1n) is 6.92. The zero-order valence-electron chi connectivity index (χ0n) is 12.5. The van der Waals surface area contributed by atoms with E-state index in [0.29, 0.717) is 30.9 Å². The van der Waals surface area contributed by atoms with Gasteiger partial charge in [0.05, 0.1) is 0 Å². The second-order valence-corrected chi connectivity index (χ2v) is 4.84. The molecule has 1 atom stereocenters. The monoisotopic (exact) mass is 289 g/mol. The Morgan fingerprint density at radius 2 is 1.86 bits per heavy atom. The summed E-state index contributed by atoms with van der Waals surface area (Å²) in [4.78, 5) is 13.2. The Bertz CT molecular complexity index is 457. The molecule has 0 spiro atoms. The van der Waals surface area contributed by atoms with Crippen LogP contribution in [0.15, 0.2) is 49.6 Å². The molecule has 0 fully saturated rings. The number of benzene rings is 1. The number of rotatable bonds is 10. The molecule has 0 amide bonds. The topological polar surface area (TPSA) is 49.8 Å². The third kappa shape index (κ3) is 6.38. The summed E-state index contributed by atoms with van der Waals surface area (Å²) in [5, 5.41) is 9.99. The lowest BCUT2D eigenvalue weighted by Crippen LogP contribution is -2.35. The summed E-state index contributed by atoms with van der Waals surface area (Å²) in [6, 6.07) is 6.89. The van der Waals surface area contributed by atoms with Gasteiger partial charge in [-0.05, 0) is 31.2 Å². The van der Waals surface area contributed by atoms with Crippen LogP contribution in [0.25, 0.3) is 0 Å². The highest BCUT2D eigenvalue weighted by Crippen LogP contribution is 2.13. The van der Waals surface area contributed by atoms with Crippen molar-refractivity contribution in [3.8, 4) is 5.75 Å². The molecule has 0 saturated carbocycles. The van der Waals surface area contributed by atoms with E-state index in [-0.39, 0.29) is 12.4 Å². The van der Waals surface area contributed by atoms with Gasteiger partial charge in [0.1, 0.15) is 18.5 Å². The predicted molar refractivity (Wildman–Crippen MR) is 84.8 cm³/mol. The number of carbonyl (C=O) groups is 1. The van der Waals surface area contributed by atoms with Crippen molar-refractivity contribution in [2.45, 2.75) is 13.0 Å². The van der Waals surface area contributed by atoms with Crippen LogP contribution in [0.3, 0.4) is 0 Å². The largest absolute Gasteiger partial charge is 0.491 e. The molecule has 1 unspecified atom stereocenters. The van der Waals surface area contributed by atoms with Gasteiger partial charge in [0.15, 0.2) is 5.78 Å². The van der Waals surface area contributed by atoms with E-state index in [2.05, 4.69) is 13.2 Å². The molecule has 0 saturated heterocycles. The minimum Gasteiger partial charge on any atom is -0.491 e. The number of aliphatic hydroxyl groups excluding tert-OH is 1. The van der Waals surface area contributed by atoms with Gasteiger partial charge >= 0.3 is 0 Å². The Morgan fingerprint density at radius 1 is 1.29 bits per heavy atom. The molecule has 0 aliphatic carbocycles. The maximum atomic E-state index is 11.2. The van der Waals surface area contributed by atoms with Crippen LogP contribution in [-0.2, 0) is 0 Å². The van der Waals surface area contributed by atoms with E-state index < -0.39 is 6.10 Å². The highest BCUT2D eigenvalue weighted by Gasteiger charge is 2.10. The van der Waals surface area contributed by atoms with Gasteiger partial charge < -0.3 is 9.84 Å². The molecule has 0 bridgehead atoms. The molecule has 1 aromatic rings. The van der Waals surface area contributed by atoms with Crippen LogP contribution in [0.5, 0.6) is 5.75 Å². The molecule has 1 rings (SSSR count). The Hall–Kier alpha value is -1.91. The standard InChI is InChI=1S/C17H23NO3/c1-4-10-18(11-5-2)12-16(20)13-21-17-8-6-15(7-9-17)14(3)19/h4-9,16,20H,1-2,10-13H2,3H3. The second kappa shape index (κ2) is 9.10. The van der Waals surface area contributed by atoms with E-state index in [9.17, 15) is 9.90 Å². The first-order chi connectivity index (χ1) is 10.1. The molecule has 1 N–H and O–H groups in total. The van der Waals surface area contributed by atoms with E-state index in [0.717, 1.165) is 0 Å². The molecule has 114 valence electrons. The lowest BCUT2D eigenvalue weighted by molar-refractivity contribution is 0.0754. The zero-order valence-corrected chi connectivity index (χ0v) is 12.5. The summed E-state index contributed by atoms with van der Waals surface area (Å²) in [5.74, 6) is 0.657. The summed E-state index contributed by atoms with van der Waals surface area (Å²) < 4.78 is 5.52. The van der Waals surface area contributed by atoms with Crippen LogP contribution < -0.4 is 4.74 Å². The van der Waals surface area contributed by atoms with E-state index in [4.69, 9.17) is 4.74 Å². The molecule has 21 heavy (non-hydrogen) atoms. The maximum Gasteiger partial charge on any atom is 0.159 e. The van der Waals surface area contributed by atoms with Gasteiger partial charge in [-0.3, -0.25) is 9.69 Å². The Morgan fingerprint density at radius 3 is 2.33 bits per heavy atom. The fourth-order valence-corrected chi connectivity index (χ4v) is 1.92. The number of nitrogens with zero attached hydrogens (tertiary/aromatic N) is 1. The predicted octanol–water partition coefficient (Wildman–Crippen LogP) is 2.30. The van der Waals surface area contributed by atoms with Crippen LogP contribution in [0.4, 0.5) is 0 Å². The van der Waals surface area contributed by atoms with Gasteiger partial charge in [-0.1, -0.05) is 12.2 Å². The number of carbonyl (C=O) groups excluding carboxylic acids is 1. The van der Waals surface area contributed by atoms with Crippen molar-refractivity contribution in [3.63, 3.8) is 0 Å². The van der Waals surface area contributed by atoms with Crippen molar-refractivity contribution < 1.29 is 14.6 Å². The third-order valence-corrected chi connectivity index (χ3v) is 2.95. The highest BCUT2D eigenvalue weighted by molar-refractivity contribution is 5.94.